The fourth-order valence-electron chi connectivity index (χ4n) is 3.27. The number of hydrogen-bond acceptors (Lipinski definition) is 2. The van der Waals surface area contributed by atoms with Crippen molar-refractivity contribution in [2.75, 3.05) is 17.3 Å². The summed E-state index contributed by atoms with van der Waals surface area (Å²) in [6.45, 7) is 0. The minimum absolute atomic E-state index is 0.125. The standard InChI is InChI=1S/C21H18N2O2/c1-23-19-10-9-18(13-16(19)8-11-20(23)24)22-21(25)17-7-6-14-4-2-3-5-15(14)12-17/h2-7,9-10,12-13H,8,11H2,1H3,(H,22,25). The van der Waals surface area contributed by atoms with Gasteiger partial charge in [-0.1, -0.05) is 30.3 Å². The predicted octanol–water partition coefficient (Wildman–Crippen LogP) is 4.00. The summed E-state index contributed by atoms with van der Waals surface area (Å²) in [7, 11) is 1.79. The van der Waals surface area contributed by atoms with Gasteiger partial charge in [-0.2, -0.15) is 0 Å². The third kappa shape index (κ3) is 2.87. The van der Waals surface area contributed by atoms with Gasteiger partial charge < -0.3 is 10.2 Å². The van der Waals surface area contributed by atoms with Crippen LogP contribution in [0.2, 0.25) is 0 Å². The first-order valence-corrected chi connectivity index (χ1v) is 8.31. The second-order valence-corrected chi connectivity index (χ2v) is 6.31. The highest BCUT2D eigenvalue weighted by atomic mass is 16.2. The Kier molecular flexibility index (Phi) is 3.73. The molecule has 0 fully saturated rings. The molecule has 0 saturated heterocycles. The number of hydrogen-bond donors (Lipinski definition) is 1. The lowest BCUT2D eigenvalue weighted by Crippen LogP contribution is -2.31. The van der Waals surface area contributed by atoms with Gasteiger partial charge >= 0.3 is 0 Å². The summed E-state index contributed by atoms with van der Waals surface area (Å²) >= 11 is 0. The minimum Gasteiger partial charge on any atom is -0.322 e. The van der Waals surface area contributed by atoms with Crippen molar-refractivity contribution in [3.05, 3.63) is 71.8 Å². The van der Waals surface area contributed by atoms with E-state index >= 15 is 0 Å². The molecule has 4 rings (SSSR count). The SMILES string of the molecule is CN1C(=O)CCc2cc(NC(=O)c3ccc4ccccc4c3)ccc21. The molecule has 0 bridgehead atoms. The van der Waals surface area contributed by atoms with Crippen molar-refractivity contribution in [2.24, 2.45) is 0 Å². The second kappa shape index (κ2) is 6.06. The largest absolute Gasteiger partial charge is 0.322 e. The van der Waals surface area contributed by atoms with E-state index in [1.807, 2.05) is 60.7 Å². The molecule has 1 aliphatic rings. The number of benzene rings is 3. The Balaban J connectivity index is 1.59. The highest BCUT2D eigenvalue weighted by Crippen LogP contribution is 2.29. The Bertz CT molecular complexity index is 994. The van der Waals surface area contributed by atoms with E-state index in [1.54, 1.807) is 11.9 Å². The minimum atomic E-state index is -0.133. The fourth-order valence-corrected chi connectivity index (χ4v) is 3.27. The molecular weight excluding hydrogens is 312 g/mol. The van der Waals surface area contributed by atoms with Crippen LogP contribution in [0.1, 0.15) is 22.3 Å². The van der Waals surface area contributed by atoms with Crippen molar-refractivity contribution in [1.29, 1.82) is 0 Å². The molecule has 1 N–H and O–H groups in total. The van der Waals surface area contributed by atoms with Gasteiger partial charge in [-0.05, 0) is 53.1 Å². The van der Waals surface area contributed by atoms with Gasteiger partial charge in [-0.3, -0.25) is 9.59 Å². The average molecular weight is 330 g/mol. The number of fused-ring (bicyclic) bond motifs is 2. The maximum absolute atomic E-state index is 12.6. The van der Waals surface area contributed by atoms with Crippen LogP contribution in [0.25, 0.3) is 10.8 Å². The van der Waals surface area contributed by atoms with Crippen LogP contribution in [0.5, 0.6) is 0 Å². The number of nitrogens with zero attached hydrogens (tertiary/aromatic N) is 1. The lowest BCUT2D eigenvalue weighted by Gasteiger charge is -2.26. The summed E-state index contributed by atoms with van der Waals surface area (Å²) in [5, 5.41) is 5.11. The molecule has 0 saturated carbocycles. The summed E-state index contributed by atoms with van der Waals surface area (Å²) in [4.78, 5) is 26.0. The van der Waals surface area contributed by atoms with Crippen molar-refractivity contribution >= 4 is 34.0 Å². The highest BCUT2D eigenvalue weighted by molar-refractivity contribution is 6.06. The molecule has 0 aliphatic carbocycles. The second-order valence-electron chi connectivity index (χ2n) is 6.31. The number of amides is 2. The number of nitrogens with one attached hydrogen (secondary N) is 1. The first-order valence-electron chi connectivity index (χ1n) is 8.31. The van der Waals surface area contributed by atoms with E-state index in [-0.39, 0.29) is 11.8 Å². The number of carbonyl (C=O) groups excluding carboxylic acids is 2. The molecule has 3 aromatic rings. The molecule has 2 amide bonds. The zero-order chi connectivity index (χ0) is 17.4. The Morgan fingerprint density at radius 1 is 0.960 bits per heavy atom. The Morgan fingerprint density at radius 2 is 1.76 bits per heavy atom. The molecule has 0 unspecified atom stereocenters. The van der Waals surface area contributed by atoms with Crippen LogP contribution in [-0.4, -0.2) is 18.9 Å². The molecule has 1 heterocycles. The quantitative estimate of drug-likeness (QED) is 0.772. The van der Waals surface area contributed by atoms with Crippen molar-refractivity contribution in [3.63, 3.8) is 0 Å². The van der Waals surface area contributed by atoms with Crippen LogP contribution < -0.4 is 10.2 Å². The third-order valence-electron chi connectivity index (χ3n) is 4.69. The summed E-state index contributed by atoms with van der Waals surface area (Å²) in [6, 6.07) is 19.3. The third-order valence-corrected chi connectivity index (χ3v) is 4.69. The molecule has 4 heteroatoms. The maximum atomic E-state index is 12.6. The van der Waals surface area contributed by atoms with E-state index in [0.29, 0.717) is 18.4 Å². The van der Waals surface area contributed by atoms with E-state index in [1.165, 1.54) is 0 Å². The molecule has 1 aliphatic heterocycles. The lowest BCUT2D eigenvalue weighted by molar-refractivity contribution is -0.118. The number of carbonyl (C=O) groups is 2. The number of anilines is 2. The van der Waals surface area contributed by atoms with Gasteiger partial charge in [-0.15, -0.1) is 0 Å². The normalized spacial score (nSPS) is 13.6. The monoisotopic (exact) mass is 330 g/mol. The molecular formula is C21H18N2O2. The van der Waals surface area contributed by atoms with E-state index in [4.69, 9.17) is 0 Å². The van der Waals surface area contributed by atoms with Gasteiger partial charge in [0.25, 0.3) is 5.91 Å². The van der Waals surface area contributed by atoms with Gasteiger partial charge in [-0.25, -0.2) is 0 Å². The molecule has 0 aromatic heterocycles. The summed E-state index contributed by atoms with van der Waals surface area (Å²) in [5.74, 6) is -0.00797. The zero-order valence-electron chi connectivity index (χ0n) is 14.0. The lowest BCUT2D eigenvalue weighted by atomic mass is 10.0. The van der Waals surface area contributed by atoms with Gasteiger partial charge in [0.1, 0.15) is 0 Å². The molecule has 4 nitrogen and oxygen atoms in total. The van der Waals surface area contributed by atoms with E-state index in [9.17, 15) is 9.59 Å². The van der Waals surface area contributed by atoms with Crippen LogP contribution in [0.4, 0.5) is 11.4 Å². The van der Waals surface area contributed by atoms with Crippen molar-refractivity contribution < 1.29 is 9.59 Å². The Hall–Kier alpha value is -3.14. The van der Waals surface area contributed by atoms with Crippen LogP contribution in [-0.2, 0) is 11.2 Å². The van der Waals surface area contributed by atoms with Crippen molar-refractivity contribution in [2.45, 2.75) is 12.8 Å². The van der Waals surface area contributed by atoms with Gasteiger partial charge in [0.05, 0.1) is 0 Å². The van der Waals surface area contributed by atoms with Crippen molar-refractivity contribution in [1.82, 2.24) is 0 Å². The highest BCUT2D eigenvalue weighted by Gasteiger charge is 2.21. The Labute approximate surface area is 146 Å². The summed E-state index contributed by atoms with van der Waals surface area (Å²) < 4.78 is 0. The number of rotatable bonds is 2. The first kappa shape index (κ1) is 15.4. The average Bonchev–Trinajstić information content (AvgIpc) is 2.64. The molecule has 0 atom stereocenters. The van der Waals surface area contributed by atoms with Crippen LogP contribution in [0.15, 0.2) is 60.7 Å². The van der Waals surface area contributed by atoms with E-state index in [0.717, 1.165) is 27.7 Å². The fraction of sp³-hybridized carbons (Fsp3) is 0.143. The maximum Gasteiger partial charge on any atom is 0.255 e. The van der Waals surface area contributed by atoms with Gasteiger partial charge in [0.2, 0.25) is 5.91 Å². The topological polar surface area (TPSA) is 49.4 Å². The van der Waals surface area contributed by atoms with Crippen molar-refractivity contribution in [3.8, 4) is 0 Å². The Morgan fingerprint density at radius 3 is 2.60 bits per heavy atom. The molecule has 0 radical (unpaired) electrons. The van der Waals surface area contributed by atoms with Gasteiger partial charge in [0.15, 0.2) is 0 Å². The molecule has 3 aromatic carbocycles. The molecule has 124 valence electrons. The number of aryl methyl sites for hydroxylation is 1. The zero-order valence-corrected chi connectivity index (χ0v) is 14.0. The molecule has 25 heavy (non-hydrogen) atoms. The first-order chi connectivity index (χ1) is 12.1. The smallest absolute Gasteiger partial charge is 0.255 e. The van der Waals surface area contributed by atoms with E-state index < -0.39 is 0 Å². The van der Waals surface area contributed by atoms with Crippen LogP contribution in [0.3, 0.4) is 0 Å². The van der Waals surface area contributed by atoms with Crippen LogP contribution in [0, 0.1) is 0 Å². The molecule has 0 spiro atoms. The van der Waals surface area contributed by atoms with Crippen LogP contribution >= 0.6 is 0 Å². The predicted molar refractivity (Wildman–Crippen MR) is 100 cm³/mol. The summed E-state index contributed by atoms with van der Waals surface area (Å²) in [6.07, 6.45) is 1.21. The summed E-state index contributed by atoms with van der Waals surface area (Å²) in [5.41, 5.74) is 3.38. The van der Waals surface area contributed by atoms with E-state index in [2.05, 4.69) is 5.32 Å². The van der Waals surface area contributed by atoms with Gasteiger partial charge in [0, 0.05) is 30.4 Å².